The van der Waals surface area contributed by atoms with Crippen LogP contribution in [-0.4, -0.2) is 36.8 Å². The van der Waals surface area contributed by atoms with Crippen molar-refractivity contribution in [3.05, 3.63) is 102 Å². The van der Waals surface area contributed by atoms with Crippen LogP contribution in [0.3, 0.4) is 0 Å². The number of H-pyrrole nitrogens is 1. The molecule has 1 unspecified atom stereocenters. The van der Waals surface area contributed by atoms with E-state index in [2.05, 4.69) is 22.1 Å². The molecule has 2 aromatic heterocycles. The molecule has 1 saturated heterocycles. The van der Waals surface area contributed by atoms with Gasteiger partial charge in [-0.1, -0.05) is 42.5 Å². The summed E-state index contributed by atoms with van der Waals surface area (Å²) < 4.78 is 36.9. The molecule has 202 valence electrons. The Kier molecular flexibility index (Phi) is 7.53. The summed E-state index contributed by atoms with van der Waals surface area (Å²) in [6.07, 6.45) is 6.38. The van der Waals surface area contributed by atoms with Crippen molar-refractivity contribution in [2.75, 3.05) is 13.2 Å². The number of nitrogens with zero attached hydrogens (tertiary/aromatic N) is 1. The van der Waals surface area contributed by atoms with Crippen molar-refractivity contribution in [1.82, 2.24) is 9.97 Å². The Hall–Kier alpha value is -3.42. The number of rotatable bonds is 10. The van der Waals surface area contributed by atoms with Gasteiger partial charge in [-0.05, 0) is 85.5 Å². The molecular formula is C32H34N2O4S. The van der Waals surface area contributed by atoms with E-state index in [0.29, 0.717) is 17.4 Å². The molecule has 1 atom stereocenters. The van der Waals surface area contributed by atoms with Crippen LogP contribution < -0.4 is 4.74 Å². The Labute approximate surface area is 230 Å². The number of benzene rings is 2. The van der Waals surface area contributed by atoms with E-state index in [-0.39, 0.29) is 11.2 Å². The first-order valence-corrected chi connectivity index (χ1v) is 15.3. The second kappa shape index (κ2) is 11.4. The van der Waals surface area contributed by atoms with Crippen LogP contribution >= 0.6 is 0 Å². The molecule has 1 aliphatic carbocycles. The van der Waals surface area contributed by atoms with Crippen LogP contribution in [0.5, 0.6) is 5.75 Å². The van der Waals surface area contributed by atoms with Crippen molar-refractivity contribution in [2.24, 2.45) is 5.92 Å². The van der Waals surface area contributed by atoms with Crippen LogP contribution in [0.2, 0.25) is 0 Å². The quantitative estimate of drug-likeness (QED) is 0.246. The molecule has 6 rings (SSSR count). The molecule has 2 aromatic carbocycles. The second-order valence-electron chi connectivity index (χ2n) is 10.6. The van der Waals surface area contributed by atoms with Crippen molar-refractivity contribution in [3.63, 3.8) is 0 Å². The highest BCUT2D eigenvalue weighted by Gasteiger charge is 2.37. The molecule has 0 spiro atoms. The first-order valence-electron chi connectivity index (χ1n) is 13.8. The Morgan fingerprint density at radius 3 is 2.36 bits per heavy atom. The van der Waals surface area contributed by atoms with Gasteiger partial charge in [0.2, 0.25) is 0 Å². The number of nitrogens with one attached hydrogen (secondary N) is 1. The molecule has 0 bridgehead atoms. The van der Waals surface area contributed by atoms with Gasteiger partial charge in [-0.2, -0.15) is 0 Å². The van der Waals surface area contributed by atoms with Gasteiger partial charge >= 0.3 is 0 Å². The van der Waals surface area contributed by atoms with Crippen molar-refractivity contribution in [2.45, 2.75) is 54.8 Å². The highest BCUT2D eigenvalue weighted by atomic mass is 32.2. The van der Waals surface area contributed by atoms with E-state index in [4.69, 9.17) is 9.47 Å². The van der Waals surface area contributed by atoms with E-state index < -0.39 is 9.84 Å². The maximum Gasteiger partial charge on any atom is 0.181 e. The molecule has 2 aliphatic rings. The molecule has 0 radical (unpaired) electrons. The van der Waals surface area contributed by atoms with Gasteiger partial charge in [-0.15, -0.1) is 0 Å². The maximum atomic E-state index is 12.7. The van der Waals surface area contributed by atoms with E-state index in [9.17, 15) is 8.42 Å². The minimum atomic E-state index is -3.20. The van der Waals surface area contributed by atoms with Crippen LogP contribution in [0.1, 0.15) is 54.8 Å². The van der Waals surface area contributed by atoms with Gasteiger partial charge in [-0.25, -0.2) is 8.42 Å². The highest BCUT2D eigenvalue weighted by Crippen LogP contribution is 2.37. The number of pyridine rings is 1. The number of aromatic nitrogens is 2. The Balaban J connectivity index is 1.21. The van der Waals surface area contributed by atoms with Crippen LogP contribution in [0, 0.1) is 5.92 Å². The highest BCUT2D eigenvalue weighted by molar-refractivity contribution is 7.92. The minimum absolute atomic E-state index is 0.132. The van der Waals surface area contributed by atoms with Crippen LogP contribution in [0.4, 0.5) is 0 Å². The normalized spacial score (nSPS) is 17.1. The third-order valence-electron chi connectivity index (χ3n) is 7.83. The fraction of sp³-hybridized carbons (Fsp3) is 0.344. The molecule has 3 heterocycles. The zero-order chi connectivity index (χ0) is 26.7. The lowest BCUT2D eigenvalue weighted by Gasteiger charge is -2.27. The first-order chi connectivity index (χ1) is 19.1. The molecule has 1 saturated carbocycles. The molecule has 2 fully saturated rings. The smallest absolute Gasteiger partial charge is 0.181 e. The van der Waals surface area contributed by atoms with E-state index >= 15 is 0 Å². The summed E-state index contributed by atoms with van der Waals surface area (Å²) in [6.45, 7) is 2.10. The largest absolute Gasteiger partial charge is 0.487 e. The Morgan fingerprint density at radius 1 is 0.897 bits per heavy atom. The van der Waals surface area contributed by atoms with Gasteiger partial charge in [-0.3, -0.25) is 4.98 Å². The van der Waals surface area contributed by atoms with Crippen molar-refractivity contribution < 1.29 is 17.9 Å². The number of ether oxygens (including phenoxy) is 2. The third-order valence-corrected chi connectivity index (χ3v) is 10.1. The van der Waals surface area contributed by atoms with Crippen molar-refractivity contribution in [3.8, 4) is 17.1 Å². The molecular weight excluding hydrogens is 508 g/mol. The van der Waals surface area contributed by atoms with Crippen LogP contribution in [0.25, 0.3) is 11.4 Å². The average Bonchev–Trinajstić information content (AvgIpc) is 3.75. The topological polar surface area (TPSA) is 81.3 Å². The summed E-state index contributed by atoms with van der Waals surface area (Å²) in [4.78, 5) is 8.69. The number of aromatic amines is 1. The molecule has 7 heteroatoms. The van der Waals surface area contributed by atoms with Gasteiger partial charge in [0, 0.05) is 24.8 Å². The number of sulfone groups is 1. The third kappa shape index (κ3) is 6.10. The van der Waals surface area contributed by atoms with Gasteiger partial charge < -0.3 is 14.5 Å². The lowest BCUT2D eigenvalue weighted by Crippen LogP contribution is -2.19. The van der Waals surface area contributed by atoms with Crippen molar-refractivity contribution in [1.29, 1.82) is 0 Å². The van der Waals surface area contributed by atoms with E-state index in [1.807, 2.05) is 54.6 Å². The van der Waals surface area contributed by atoms with Crippen LogP contribution in [0.15, 0.2) is 90.0 Å². The number of hydrogen-bond donors (Lipinski definition) is 1. The standard InChI is InChI=1S/C32H34N2O4S/c35-39(36,28-11-12-28)27-9-6-25(7-10-27)29(20-23-16-18-37-19-17-23)30-14-15-32(34-30)31-13-8-26(21-33-31)38-22-24-4-2-1-3-5-24/h1-10,13-15,21,23,28-29,34H,11-12,16-20,22H2. The molecule has 1 N–H and O–H groups in total. The fourth-order valence-electron chi connectivity index (χ4n) is 5.35. The summed E-state index contributed by atoms with van der Waals surface area (Å²) in [6, 6.07) is 25.8. The predicted molar refractivity (Wildman–Crippen MR) is 151 cm³/mol. The first kappa shape index (κ1) is 25.8. The van der Waals surface area contributed by atoms with E-state index in [1.165, 1.54) is 0 Å². The van der Waals surface area contributed by atoms with Gasteiger partial charge in [0.1, 0.15) is 12.4 Å². The van der Waals surface area contributed by atoms with Gasteiger partial charge in [0.15, 0.2) is 9.84 Å². The lowest BCUT2D eigenvalue weighted by atomic mass is 9.83. The Morgan fingerprint density at radius 2 is 1.67 bits per heavy atom. The minimum Gasteiger partial charge on any atom is -0.487 e. The summed E-state index contributed by atoms with van der Waals surface area (Å²) in [5.74, 6) is 1.42. The summed E-state index contributed by atoms with van der Waals surface area (Å²) in [5.41, 5.74) is 5.15. The molecule has 39 heavy (non-hydrogen) atoms. The summed E-state index contributed by atoms with van der Waals surface area (Å²) in [7, 11) is -3.20. The van der Waals surface area contributed by atoms with Crippen LogP contribution in [-0.2, 0) is 21.2 Å². The molecule has 4 aromatic rings. The lowest BCUT2D eigenvalue weighted by molar-refractivity contribution is 0.0626. The molecule has 6 nitrogen and oxygen atoms in total. The van der Waals surface area contributed by atoms with E-state index in [0.717, 1.165) is 79.3 Å². The molecule has 0 amide bonds. The fourth-order valence-corrected chi connectivity index (χ4v) is 7.01. The summed E-state index contributed by atoms with van der Waals surface area (Å²) >= 11 is 0. The summed E-state index contributed by atoms with van der Waals surface area (Å²) in [5, 5.41) is -0.199. The Bertz CT molecular complexity index is 1470. The van der Waals surface area contributed by atoms with Gasteiger partial charge in [0.05, 0.1) is 27.7 Å². The monoisotopic (exact) mass is 542 g/mol. The van der Waals surface area contributed by atoms with Gasteiger partial charge in [0.25, 0.3) is 0 Å². The zero-order valence-corrected chi connectivity index (χ0v) is 22.8. The average molecular weight is 543 g/mol. The predicted octanol–water partition coefficient (Wildman–Crippen LogP) is 6.54. The number of hydrogen-bond acceptors (Lipinski definition) is 5. The van der Waals surface area contributed by atoms with Crippen molar-refractivity contribution >= 4 is 9.84 Å². The zero-order valence-electron chi connectivity index (χ0n) is 22.0. The van der Waals surface area contributed by atoms with E-state index in [1.54, 1.807) is 18.3 Å². The SMILES string of the molecule is O=S(=O)(c1ccc(C(CC2CCOCC2)c2ccc(-c3ccc(OCc4ccccc4)cn3)[nH]2)cc1)C1CC1. The second-order valence-corrected chi connectivity index (χ2v) is 12.9. The molecule has 1 aliphatic heterocycles. The maximum absolute atomic E-state index is 12.7.